The lowest BCUT2D eigenvalue weighted by Crippen LogP contribution is -2.32. The van der Waals surface area contributed by atoms with E-state index in [-0.39, 0.29) is 17.7 Å². The maximum absolute atomic E-state index is 13.5. The lowest BCUT2D eigenvalue weighted by Gasteiger charge is -2.26. The summed E-state index contributed by atoms with van der Waals surface area (Å²) in [6, 6.07) is 6.78. The Labute approximate surface area is 192 Å². The molecule has 1 fully saturated rings. The molecule has 2 N–H and O–H groups in total. The molecule has 3 aromatic rings. The fourth-order valence-corrected chi connectivity index (χ4v) is 4.12. The van der Waals surface area contributed by atoms with Gasteiger partial charge in [0.05, 0.1) is 17.4 Å². The van der Waals surface area contributed by atoms with Crippen LogP contribution < -0.4 is 10.6 Å². The number of primary amides is 1. The number of hydrogen-bond acceptors (Lipinski definition) is 7. The number of rotatable bonds is 6. The molecule has 2 aromatic heterocycles. The van der Waals surface area contributed by atoms with Gasteiger partial charge in [-0.2, -0.15) is 0 Å². The molecule has 172 valence electrons. The van der Waals surface area contributed by atoms with Gasteiger partial charge in [0, 0.05) is 44.4 Å². The molecule has 1 saturated heterocycles. The molecule has 1 aliphatic heterocycles. The topological polar surface area (TPSA) is 118 Å². The number of carbonyl (C=O) groups is 2. The maximum Gasteiger partial charge on any atom is 0.292 e. The Morgan fingerprint density at radius 2 is 1.94 bits per heavy atom. The number of benzene rings is 1. The molecule has 3 heterocycles. The summed E-state index contributed by atoms with van der Waals surface area (Å²) < 4.78 is 5.75. The zero-order valence-electron chi connectivity index (χ0n) is 19.3. The van der Waals surface area contributed by atoms with E-state index in [9.17, 15) is 9.59 Å². The number of aromatic nitrogens is 3. The van der Waals surface area contributed by atoms with Crippen molar-refractivity contribution in [2.45, 2.75) is 39.2 Å². The first-order valence-electron chi connectivity index (χ1n) is 11.0. The molecule has 33 heavy (non-hydrogen) atoms. The van der Waals surface area contributed by atoms with Gasteiger partial charge in [-0.25, -0.2) is 15.0 Å². The highest BCUT2D eigenvalue weighted by Gasteiger charge is 2.36. The Balaban J connectivity index is 1.76. The summed E-state index contributed by atoms with van der Waals surface area (Å²) in [5.74, 6) is 0.738. The van der Waals surface area contributed by atoms with Crippen LogP contribution in [0.2, 0.25) is 0 Å². The van der Waals surface area contributed by atoms with Gasteiger partial charge in [0.15, 0.2) is 5.89 Å². The highest BCUT2D eigenvalue weighted by molar-refractivity contribution is 5.94. The van der Waals surface area contributed by atoms with Crippen LogP contribution in [-0.4, -0.2) is 52.3 Å². The molecule has 1 unspecified atom stereocenters. The summed E-state index contributed by atoms with van der Waals surface area (Å²) in [6.45, 7) is 4.34. The van der Waals surface area contributed by atoms with Crippen molar-refractivity contribution in [3.8, 4) is 11.1 Å². The van der Waals surface area contributed by atoms with E-state index in [1.807, 2.05) is 43.0 Å². The standard InChI is InChI=1S/C24H28N6O3/c1-5-19-27-14(2)21(33-19)23(32)30-12-6-7-18(30)20-17(13-26-24(28-20)29(3)4)15-8-10-16(11-9-15)22(25)31/h8-11,13,18H,5-7,12H2,1-4H3,(H2,25,31). The van der Waals surface area contributed by atoms with Crippen LogP contribution in [0, 0.1) is 6.92 Å². The largest absolute Gasteiger partial charge is 0.435 e. The number of nitrogens with zero attached hydrogens (tertiary/aromatic N) is 5. The van der Waals surface area contributed by atoms with Crippen molar-refractivity contribution in [1.82, 2.24) is 19.9 Å². The average Bonchev–Trinajstić information content (AvgIpc) is 3.45. The van der Waals surface area contributed by atoms with Crippen LogP contribution in [0.25, 0.3) is 11.1 Å². The minimum absolute atomic E-state index is 0.178. The Morgan fingerprint density at radius 1 is 1.21 bits per heavy atom. The fraction of sp³-hybridized carbons (Fsp3) is 0.375. The molecule has 1 atom stereocenters. The second kappa shape index (κ2) is 9.01. The Bertz CT molecular complexity index is 1190. The monoisotopic (exact) mass is 448 g/mol. The number of oxazole rings is 1. The molecule has 1 aromatic carbocycles. The first-order valence-corrected chi connectivity index (χ1v) is 11.0. The zero-order chi connectivity index (χ0) is 23.7. The van der Waals surface area contributed by atoms with Crippen LogP contribution in [0.3, 0.4) is 0 Å². The minimum atomic E-state index is -0.484. The first kappa shape index (κ1) is 22.4. The predicted octanol–water partition coefficient (Wildman–Crippen LogP) is 3.14. The number of aryl methyl sites for hydroxylation is 2. The molecule has 0 aliphatic carbocycles. The van der Waals surface area contributed by atoms with Gasteiger partial charge in [0.25, 0.3) is 5.91 Å². The summed E-state index contributed by atoms with van der Waals surface area (Å²) in [7, 11) is 3.75. The maximum atomic E-state index is 13.5. The Kier molecular flexibility index (Phi) is 6.13. The summed E-state index contributed by atoms with van der Waals surface area (Å²) in [4.78, 5) is 42.3. The van der Waals surface area contributed by atoms with E-state index >= 15 is 0 Å². The van der Waals surface area contributed by atoms with Gasteiger partial charge in [0.2, 0.25) is 17.6 Å². The summed E-state index contributed by atoms with van der Waals surface area (Å²) in [5, 5.41) is 0. The number of carbonyl (C=O) groups excluding carboxylic acids is 2. The SMILES string of the molecule is CCc1nc(C)c(C(=O)N2CCCC2c2nc(N(C)C)ncc2-c2ccc(C(N)=O)cc2)o1. The number of hydrogen-bond donors (Lipinski definition) is 1. The molecule has 0 spiro atoms. The number of nitrogens with two attached hydrogens (primary N) is 1. The van der Waals surface area contributed by atoms with Gasteiger partial charge in [-0.15, -0.1) is 0 Å². The molecule has 9 nitrogen and oxygen atoms in total. The minimum Gasteiger partial charge on any atom is -0.435 e. The number of anilines is 1. The van der Waals surface area contributed by atoms with Crippen molar-refractivity contribution in [2.24, 2.45) is 5.73 Å². The second-order valence-electron chi connectivity index (χ2n) is 8.34. The fourth-order valence-electron chi connectivity index (χ4n) is 4.12. The molecule has 0 bridgehead atoms. The van der Waals surface area contributed by atoms with E-state index in [1.54, 1.807) is 25.3 Å². The van der Waals surface area contributed by atoms with Crippen molar-refractivity contribution >= 4 is 17.8 Å². The molecule has 2 amide bonds. The third-order valence-electron chi connectivity index (χ3n) is 5.85. The lowest BCUT2D eigenvalue weighted by molar-refractivity contribution is 0.0698. The molecule has 0 radical (unpaired) electrons. The van der Waals surface area contributed by atoms with Crippen LogP contribution in [0.5, 0.6) is 0 Å². The van der Waals surface area contributed by atoms with Crippen LogP contribution >= 0.6 is 0 Å². The second-order valence-corrected chi connectivity index (χ2v) is 8.34. The average molecular weight is 449 g/mol. The van der Waals surface area contributed by atoms with E-state index in [4.69, 9.17) is 15.1 Å². The Hall–Kier alpha value is -3.75. The number of amides is 2. The molecule has 1 aliphatic rings. The molecule has 4 rings (SSSR count). The Morgan fingerprint density at radius 3 is 2.55 bits per heavy atom. The van der Waals surface area contributed by atoms with Gasteiger partial charge in [-0.3, -0.25) is 9.59 Å². The van der Waals surface area contributed by atoms with E-state index in [2.05, 4.69) is 9.97 Å². The third-order valence-corrected chi connectivity index (χ3v) is 5.85. The van der Waals surface area contributed by atoms with Crippen molar-refractivity contribution < 1.29 is 14.0 Å². The quantitative estimate of drug-likeness (QED) is 0.615. The molecule has 9 heteroatoms. The number of likely N-dealkylation sites (tertiary alicyclic amines) is 1. The highest BCUT2D eigenvalue weighted by Crippen LogP contribution is 2.38. The van der Waals surface area contributed by atoms with Gasteiger partial charge < -0.3 is 20.0 Å². The van der Waals surface area contributed by atoms with Gasteiger partial charge >= 0.3 is 0 Å². The van der Waals surface area contributed by atoms with Crippen molar-refractivity contribution in [2.75, 3.05) is 25.5 Å². The van der Waals surface area contributed by atoms with Gasteiger partial charge in [-0.05, 0) is 37.5 Å². The lowest BCUT2D eigenvalue weighted by atomic mass is 9.98. The predicted molar refractivity (Wildman–Crippen MR) is 124 cm³/mol. The van der Waals surface area contributed by atoms with Gasteiger partial charge in [-0.1, -0.05) is 19.1 Å². The van der Waals surface area contributed by atoms with Crippen molar-refractivity contribution in [1.29, 1.82) is 0 Å². The smallest absolute Gasteiger partial charge is 0.292 e. The van der Waals surface area contributed by atoms with Crippen LogP contribution in [0.15, 0.2) is 34.9 Å². The van der Waals surface area contributed by atoms with E-state index in [0.717, 1.165) is 29.7 Å². The summed E-state index contributed by atoms with van der Waals surface area (Å²) >= 11 is 0. The molecular formula is C24H28N6O3. The highest BCUT2D eigenvalue weighted by atomic mass is 16.4. The molecular weight excluding hydrogens is 420 g/mol. The summed E-state index contributed by atoms with van der Waals surface area (Å²) in [6.07, 6.45) is 4.02. The van der Waals surface area contributed by atoms with Crippen LogP contribution in [0.4, 0.5) is 5.95 Å². The van der Waals surface area contributed by atoms with Gasteiger partial charge in [0.1, 0.15) is 0 Å². The van der Waals surface area contributed by atoms with Crippen molar-refractivity contribution in [3.63, 3.8) is 0 Å². The third kappa shape index (κ3) is 4.30. The first-order chi connectivity index (χ1) is 15.8. The van der Waals surface area contributed by atoms with E-state index in [1.165, 1.54) is 0 Å². The molecule has 0 saturated carbocycles. The van der Waals surface area contributed by atoms with Crippen molar-refractivity contribution in [3.05, 3.63) is 59.1 Å². The van der Waals surface area contributed by atoms with E-state index in [0.29, 0.717) is 36.1 Å². The zero-order valence-corrected chi connectivity index (χ0v) is 19.3. The van der Waals surface area contributed by atoms with Crippen LogP contribution in [0.1, 0.15) is 64.0 Å². The van der Waals surface area contributed by atoms with E-state index < -0.39 is 5.91 Å². The normalized spacial score (nSPS) is 15.6. The summed E-state index contributed by atoms with van der Waals surface area (Å²) in [5.41, 5.74) is 8.84. The van der Waals surface area contributed by atoms with Crippen LogP contribution in [-0.2, 0) is 6.42 Å².